The second-order valence-electron chi connectivity index (χ2n) is 7.11. The molecule has 0 heterocycles. The predicted molar refractivity (Wildman–Crippen MR) is 123 cm³/mol. The van der Waals surface area contributed by atoms with E-state index in [1.165, 1.54) is 0 Å². The summed E-state index contributed by atoms with van der Waals surface area (Å²) >= 11 is 0. The van der Waals surface area contributed by atoms with Gasteiger partial charge in [-0.05, 0) is 46.2 Å². The fourth-order valence-electron chi connectivity index (χ4n) is 2.14. The highest BCUT2D eigenvalue weighted by atomic mass is 127. The second kappa shape index (κ2) is 11.7. The van der Waals surface area contributed by atoms with Crippen LogP contribution in [0.5, 0.6) is 5.75 Å². The maximum atomic E-state index is 11.1. The minimum Gasteiger partial charge on any atom is -0.488 e. The first-order valence-electron chi connectivity index (χ1n) is 8.75. The summed E-state index contributed by atoms with van der Waals surface area (Å²) in [6.07, 6.45) is 1.14. The molecule has 0 saturated heterocycles. The highest BCUT2D eigenvalue weighted by molar-refractivity contribution is 14.0. The van der Waals surface area contributed by atoms with Gasteiger partial charge in [0.2, 0.25) is 10.0 Å². The van der Waals surface area contributed by atoms with Gasteiger partial charge in [0.25, 0.3) is 0 Å². The molecular weight excluding hydrogens is 479 g/mol. The average molecular weight is 512 g/mol. The zero-order chi connectivity index (χ0) is 19.8. The monoisotopic (exact) mass is 512 g/mol. The Kier molecular flexibility index (Phi) is 11.2. The zero-order valence-electron chi connectivity index (χ0n) is 17.0. The van der Waals surface area contributed by atoms with Crippen molar-refractivity contribution in [1.29, 1.82) is 0 Å². The number of aliphatic imine (C=N–C) groups is 1. The fraction of sp³-hybridized carbons (Fsp3) is 0.611. The molecular formula is C18H33IN4O3S. The SMILES string of the molecule is CCNC(=NCc1ccc(C)cc1OC(C)(C)C)NCCNS(C)(=O)=O.I. The quantitative estimate of drug-likeness (QED) is 0.215. The molecule has 0 spiro atoms. The predicted octanol–water partition coefficient (Wildman–Crippen LogP) is 2.39. The smallest absolute Gasteiger partial charge is 0.208 e. The summed E-state index contributed by atoms with van der Waals surface area (Å²) < 4.78 is 30.7. The van der Waals surface area contributed by atoms with Gasteiger partial charge in [0.05, 0.1) is 12.8 Å². The van der Waals surface area contributed by atoms with Gasteiger partial charge in [-0.1, -0.05) is 12.1 Å². The first-order chi connectivity index (χ1) is 12.0. The Labute approximate surface area is 180 Å². The van der Waals surface area contributed by atoms with E-state index in [0.717, 1.165) is 23.1 Å². The Morgan fingerprint density at radius 1 is 1.19 bits per heavy atom. The Morgan fingerprint density at radius 3 is 2.41 bits per heavy atom. The van der Waals surface area contributed by atoms with Gasteiger partial charge in [-0.3, -0.25) is 0 Å². The van der Waals surface area contributed by atoms with Crippen molar-refractivity contribution in [2.45, 2.75) is 46.8 Å². The molecule has 9 heteroatoms. The van der Waals surface area contributed by atoms with Crippen LogP contribution < -0.4 is 20.1 Å². The van der Waals surface area contributed by atoms with Crippen molar-refractivity contribution in [3.8, 4) is 5.75 Å². The molecule has 0 radical (unpaired) electrons. The zero-order valence-corrected chi connectivity index (χ0v) is 20.2. The topological polar surface area (TPSA) is 91.8 Å². The molecule has 0 saturated carbocycles. The first-order valence-corrected chi connectivity index (χ1v) is 10.6. The molecule has 0 bridgehead atoms. The van der Waals surface area contributed by atoms with Crippen LogP contribution in [-0.4, -0.2) is 45.9 Å². The van der Waals surface area contributed by atoms with Crippen LogP contribution in [0.15, 0.2) is 23.2 Å². The van der Waals surface area contributed by atoms with Crippen LogP contribution in [0.25, 0.3) is 0 Å². The molecule has 0 atom stereocenters. The maximum absolute atomic E-state index is 11.1. The van der Waals surface area contributed by atoms with E-state index >= 15 is 0 Å². The number of ether oxygens (including phenoxy) is 1. The van der Waals surface area contributed by atoms with Crippen molar-refractivity contribution in [1.82, 2.24) is 15.4 Å². The third-order valence-corrected chi connectivity index (χ3v) is 3.90. The number of guanidine groups is 1. The average Bonchev–Trinajstić information content (AvgIpc) is 2.48. The maximum Gasteiger partial charge on any atom is 0.208 e. The molecule has 0 aliphatic heterocycles. The summed E-state index contributed by atoms with van der Waals surface area (Å²) in [6, 6.07) is 6.08. The van der Waals surface area contributed by atoms with Crippen LogP contribution in [0.1, 0.15) is 38.8 Å². The van der Waals surface area contributed by atoms with Crippen molar-refractivity contribution in [3.63, 3.8) is 0 Å². The highest BCUT2D eigenvalue weighted by Gasteiger charge is 2.15. The lowest BCUT2D eigenvalue weighted by Crippen LogP contribution is -2.41. The molecule has 156 valence electrons. The van der Waals surface area contributed by atoms with Gasteiger partial charge in [-0.2, -0.15) is 0 Å². The number of nitrogens with one attached hydrogen (secondary N) is 3. The van der Waals surface area contributed by atoms with E-state index in [1.807, 2.05) is 52.8 Å². The molecule has 0 aromatic heterocycles. The van der Waals surface area contributed by atoms with Gasteiger partial charge in [0.15, 0.2) is 5.96 Å². The molecule has 0 unspecified atom stereocenters. The standard InChI is InChI=1S/C18H32N4O3S.HI/c1-7-19-17(20-10-11-22-26(6,23)24)21-13-15-9-8-14(2)12-16(15)25-18(3,4)5;/h8-9,12,22H,7,10-11,13H2,1-6H3,(H2,19,20,21);1H. The Balaban J connectivity index is 0.00000676. The lowest BCUT2D eigenvalue weighted by Gasteiger charge is -2.23. The Morgan fingerprint density at radius 2 is 1.85 bits per heavy atom. The van der Waals surface area contributed by atoms with E-state index in [9.17, 15) is 8.42 Å². The van der Waals surface area contributed by atoms with Crippen LogP contribution >= 0.6 is 24.0 Å². The number of benzene rings is 1. The summed E-state index contributed by atoms with van der Waals surface area (Å²) in [7, 11) is -3.18. The van der Waals surface area contributed by atoms with Gasteiger partial charge in [-0.15, -0.1) is 24.0 Å². The number of aryl methyl sites for hydroxylation is 1. The number of rotatable bonds is 8. The minimum absolute atomic E-state index is 0. The van der Waals surface area contributed by atoms with Gasteiger partial charge in [0.1, 0.15) is 11.4 Å². The lowest BCUT2D eigenvalue weighted by atomic mass is 10.1. The number of sulfonamides is 1. The van der Waals surface area contributed by atoms with E-state index < -0.39 is 10.0 Å². The number of hydrogen-bond donors (Lipinski definition) is 3. The van der Waals surface area contributed by atoms with E-state index in [2.05, 4.69) is 20.3 Å². The van der Waals surface area contributed by atoms with Crippen molar-refractivity contribution < 1.29 is 13.2 Å². The van der Waals surface area contributed by atoms with Crippen molar-refractivity contribution in [3.05, 3.63) is 29.3 Å². The van der Waals surface area contributed by atoms with Gasteiger partial charge in [0, 0.05) is 25.2 Å². The normalized spacial score (nSPS) is 12.3. The molecule has 0 amide bonds. The highest BCUT2D eigenvalue weighted by Crippen LogP contribution is 2.25. The van der Waals surface area contributed by atoms with Crippen LogP contribution in [0.3, 0.4) is 0 Å². The van der Waals surface area contributed by atoms with Crippen LogP contribution in [0, 0.1) is 6.92 Å². The third kappa shape index (κ3) is 12.1. The molecule has 3 N–H and O–H groups in total. The molecule has 27 heavy (non-hydrogen) atoms. The van der Waals surface area contributed by atoms with Crippen molar-refractivity contribution in [2.24, 2.45) is 4.99 Å². The number of halogens is 1. The largest absolute Gasteiger partial charge is 0.488 e. The number of nitrogens with zero attached hydrogens (tertiary/aromatic N) is 1. The minimum atomic E-state index is -3.18. The molecule has 0 fully saturated rings. The summed E-state index contributed by atoms with van der Waals surface area (Å²) in [5.41, 5.74) is 1.85. The lowest BCUT2D eigenvalue weighted by molar-refractivity contribution is 0.129. The molecule has 1 rings (SSSR count). The summed E-state index contributed by atoms with van der Waals surface area (Å²) in [5, 5.41) is 6.26. The number of hydrogen-bond acceptors (Lipinski definition) is 4. The van der Waals surface area contributed by atoms with E-state index in [1.54, 1.807) is 0 Å². The summed E-state index contributed by atoms with van der Waals surface area (Å²) in [4.78, 5) is 4.58. The van der Waals surface area contributed by atoms with Crippen LogP contribution in [-0.2, 0) is 16.6 Å². The van der Waals surface area contributed by atoms with E-state index in [4.69, 9.17) is 4.74 Å². The van der Waals surface area contributed by atoms with Crippen molar-refractivity contribution in [2.75, 3.05) is 25.9 Å². The van der Waals surface area contributed by atoms with Crippen LogP contribution in [0.2, 0.25) is 0 Å². The van der Waals surface area contributed by atoms with E-state index in [0.29, 0.717) is 32.1 Å². The van der Waals surface area contributed by atoms with Gasteiger partial charge < -0.3 is 15.4 Å². The van der Waals surface area contributed by atoms with Gasteiger partial charge >= 0.3 is 0 Å². The summed E-state index contributed by atoms with van der Waals surface area (Å²) in [5.74, 6) is 1.46. The van der Waals surface area contributed by atoms with Crippen LogP contribution in [0.4, 0.5) is 0 Å². The first kappa shape index (κ1) is 25.9. The fourth-order valence-corrected chi connectivity index (χ4v) is 2.61. The van der Waals surface area contributed by atoms with Crippen molar-refractivity contribution >= 4 is 40.0 Å². The second-order valence-corrected chi connectivity index (χ2v) is 8.95. The molecule has 1 aromatic rings. The molecule has 0 aliphatic carbocycles. The summed E-state index contributed by atoms with van der Waals surface area (Å²) in [6.45, 7) is 12.0. The third-order valence-electron chi connectivity index (χ3n) is 3.17. The Bertz CT molecular complexity index is 716. The Hall–Kier alpha value is -1.07. The molecule has 1 aromatic carbocycles. The van der Waals surface area contributed by atoms with E-state index in [-0.39, 0.29) is 29.6 Å². The van der Waals surface area contributed by atoms with Gasteiger partial charge in [-0.25, -0.2) is 18.1 Å². The molecule has 0 aliphatic rings. The molecule has 7 nitrogen and oxygen atoms in total.